The van der Waals surface area contributed by atoms with Gasteiger partial charge in [-0.2, -0.15) is 0 Å². The van der Waals surface area contributed by atoms with E-state index < -0.39 is 22.3 Å². The molecule has 3 fully saturated rings. The minimum atomic E-state index is -0.928. The van der Waals surface area contributed by atoms with Crippen LogP contribution < -0.4 is 5.32 Å². The summed E-state index contributed by atoms with van der Waals surface area (Å²) in [6, 6.07) is 11.9. The predicted octanol–water partition coefficient (Wildman–Crippen LogP) is 5.96. The van der Waals surface area contributed by atoms with Crippen LogP contribution >= 0.6 is 11.8 Å². The van der Waals surface area contributed by atoms with Gasteiger partial charge in [0.25, 0.3) is 0 Å². The number of nitrogens with zero attached hydrogens (tertiary/aromatic N) is 3. The number of carbonyl (C=O) groups excluding carboxylic acids is 3. The molecule has 42 heavy (non-hydrogen) atoms. The molecule has 0 radical (unpaired) electrons. The lowest BCUT2D eigenvalue weighted by Gasteiger charge is -2.38. The van der Waals surface area contributed by atoms with Crippen molar-refractivity contribution in [2.24, 2.45) is 5.92 Å². The standard InChI is InChI=1S/C32H38F2N4O3S/c33-25-11-6-10-24(29(25)34)31-38(20-21-7-2-1-3-8-21)30(40)27(42-31)19-28(39)36-16-14-23(15-17-36)37-18-13-22-9-4-5-12-26(22)35-32(37)41/h4-6,9-12,21,23,27,31H,1-3,7-8,13-20H2,(H,35,41). The molecule has 3 aliphatic heterocycles. The molecule has 4 aliphatic rings. The molecule has 2 aromatic carbocycles. The minimum absolute atomic E-state index is 0.0300. The molecule has 224 valence electrons. The van der Waals surface area contributed by atoms with E-state index in [0.29, 0.717) is 44.9 Å². The molecule has 2 unspecified atom stereocenters. The van der Waals surface area contributed by atoms with Gasteiger partial charge >= 0.3 is 6.03 Å². The van der Waals surface area contributed by atoms with Gasteiger partial charge in [-0.3, -0.25) is 9.59 Å². The van der Waals surface area contributed by atoms with Gasteiger partial charge in [0, 0.05) is 49.9 Å². The van der Waals surface area contributed by atoms with Gasteiger partial charge in [0.15, 0.2) is 11.6 Å². The third-order valence-corrected chi connectivity index (χ3v) is 10.8. The number of nitrogens with one attached hydrogen (secondary N) is 1. The van der Waals surface area contributed by atoms with Gasteiger partial charge in [-0.05, 0) is 55.7 Å². The van der Waals surface area contributed by atoms with E-state index in [1.54, 1.807) is 15.9 Å². The summed E-state index contributed by atoms with van der Waals surface area (Å²) in [4.78, 5) is 45.4. The largest absolute Gasteiger partial charge is 0.342 e. The average Bonchev–Trinajstić information content (AvgIpc) is 3.18. The zero-order chi connectivity index (χ0) is 29.2. The third kappa shape index (κ3) is 6.00. The molecule has 1 aliphatic carbocycles. The fourth-order valence-corrected chi connectivity index (χ4v) is 8.43. The van der Waals surface area contributed by atoms with E-state index >= 15 is 0 Å². The number of anilines is 1. The van der Waals surface area contributed by atoms with E-state index in [1.807, 2.05) is 29.2 Å². The van der Waals surface area contributed by atoms with Crippen molar-refractivity contribution in [1.29, 1.82) is 0 Å². The highest BCUT2D eigenvalue weighted by Gasteiger charge is 2.44. The smallest absolute Gasteiger partial charge is 0.322 e. The number of halogens is 2. The maximum Gasteiger partial charge on any atom is 0.322 e. The maximum absolute atomic E-state index is 14.9. The number of piperidine rings is 1. The fourth-order valence-electron chi connectivity index (χ4n) is 6.96. The van der Waals surface area contributed by atoms with Crippen molar-refractivity contribution >= 4 is 35.3 Å². The molecule has 1 saturated carbocycles. The highest BCUT2D eigenvalue weighted by Crippen LogP contribution is 2.46. The van der Waals surface area contributed by atoms with Crippen LogP contribution in [0, 0.1) is 17.6 Å². The Balaban J connectivity index is 1.09. The predicted molar refractivity (Wildman–Crippen MR) is 159 cm³/mol. The summed E-state index contributed by atoms with van der Waals surface area (Å²) in [5, 5.41) is 1.74. The number of rotatable bonds is 6. The number of para-hydroxylation sites is 1. The van der Waals surface area contributed by atoms with Crippen LogP contribution in [0.15, 0.2) is 42.5 Å². The van der Waals surface area contributed by atoms with Crippen LogP contribution in [-0.2, 0) is 16.0 Å². The quantitative estimate of drug-likeness (QED) is 0.447. The number of benzene rings is 2. The molecule has 2 aromatic rings. The number of amides is 4. The first kappa shape index (κ1) is 29.0. The van der Waals surface area contributed by atoms with Crippen LogP contribution in [-0.4, -0.2) is 70.0 Å². The van der Waals surface area contributed by atoms with Gasteiger partial charge in [0.1, 0.15) is 5.37 Å². The van der Waals surface area contributed by atoms with Crippen molar-refractivity contribution < 1.29 is 23.2 Å². The summed E-state index contributed by atoms with van der Waals surface area (Å²) in [6.07, 6.45) is 7.61. The molecule has 2 saturated heterocycles. The number of likely N-dealkylation sites (tertiary alicyclic amines) is 1. The van der Waals surface area contributed by atoms with E-state index in [4.69, 9.17) is 0 Å². The molecule has 3 heterocycles. The van der Waals surface area contributed by atoms with Gasteiger partial charge in [0.05, 0.1) is 5.25 Å². The van der Waals surface area contributed by atoms with Crippen molar-refractivity contribution in [3.05, 3.63) is 65.2 Å². The van der Waals surface area contributed by atoms with Crippen LogP contribution in [0.25, 0.3) is 0 Å². The van der Waals surface area contributed by atoms with Gasteiger partial charge in [0.2, 0.25) is 11.8 Å². The number of fused-ring (bicyclic) bond motifs is 1. The Morgan fingerprint density at radius 2 is 1.69 bits per heavy atom. The molecule has 4 amide bonds. The fraction of sp³-hybridized carbons (Fsp3) is 0.531. The number of urea groups is 1. The summed E-state index contributed by atoms with van der Waals surface area (Å²) < 4.78 is 29.1. The van der Waals surface area contributed by atoms with Crippen LogP contribution in [0.4, 0.5) is 19.3 Å². The van der Waals surface area contributed by atoms with E-state index in [1.165, 1.54) is 24.2 Å². The zero-order valence-electron chi connectivity index (χ0n) is 23.8. The van der Waals surface area contributed by atoms with Crippen molar-refractivity contribution in [3.8, 4) is 0 Å². The molecule has 0 spiro atoms. The Bertz CT molecular complexity index is 1330. The van der Waals surface area contributed by atoms with Crippen LogP contribution in [0.2, 0.25) is 0 Å². The Morgan fingerprint density at radius 1 is 0.929 bits per heavy atom. The molecule has 0 bridgehead atoms. The van der Waals surface area contributed by atoms with E-state index in [2.05, 4.69) is 5.32 Å². The highest BCUT2D eigenvalue weighted by atomic mass is 32.2. The second-order valence-corrected chi connectivity index (χ2v) is 13.2. The van der Waals surface area contributed by atoms with Gasteiger partial charge in [-0.1, -0.05) is 49.6 Å². The molecule has 0 aromatic heterocycles. The normalized spacial score (nSPS) is 24.0. The third-order valence-electron chi connectivity index (χ3n) is 9.32. The maximum atomic E-state index is 14.9. The van der Waals surface area contributed by atoms with E-state index in [0.717, 1.165) is 49.4 Å². The lowest BCUT2D eigenvalue weighted by Crippen LogP contribution is -2.50. The summed E-state index contributed by atoms with van der Waals surface area (Å²) in [5.41, 5.74) is 2.14. The van der Waals surface area contributed by atoms with E-state index in [-0.39, 0.29) is 35.9 Å². The van der Waals surface area contributed by atoms with Gasteiger partial charge < -0.3 is 20.0 Å². The average molecular weight is 597 g/mol. The Labute approximate surface area is 250 Å². The SMILES string of the molecule is O=C(CC1SC(c2cccc(F)c2F)N(CC2CCCCC2)C1=O)N1CCC(N2CCc3ccccc3NC2=O)CC1. The molecule has 1 N–H and O–H groups in total. The molecule has 2 atom stereocenters. The zero-order valence-corrected chi connectivity index (χ0v) is 24.6. The topological polar surface area (TPSA) is 73.0 Å². The number of hydrogen-bond acceptors (Lipinski definition) is 4. The van der Waals surface area contributed by atoms with Gasteiger partial charge in [-0.15, -0.1) is 11.8 Å². The first-order chi connectivity index (χ1) is 20.4. The summed E-state index contributed by atoms with van der Waals surface area (Å²) in [5.74, 6) is -1.79. The van der Waals surface area contributed by atoms with Gasteiger partial charge in [-0.25, -0.2) is 13.6 Å². The Morgan fingerprint density at radius 3 is 2.48 bits per heavy atom. The second kappa shape index (κ2) is 12.6. The number of carbonyl (C=O) groups is 3. The number of thioether (sulfide) groups is 1. The minimum Gasteiger partial charge on any atom is -0.342 e. The van der Waals surface area contributed by atoms with Crippen molar-refractivity contribution in [1.82, 2.24) is 14.7 Å². The van der Waals surface area contributed by atoms with Crippen LogP contribution in [0.5, 0.6) is 0 Å². The van der Waals surface area contributed by atoms with E-state index in [9.17, 15) is 23.2 Å². The molecule has 10 heteroatoms. The lowest BCUT2D eigenvalue weighted by atomic mass is 9.88. The summed E-state index contributed by atoms with van der Waals surface area (Å²) in [6.45, 7) is 2.16. The summed E-state index contributed by atoms with van der Waals surface area (Å²) in [7, 11) is 0. The van der Waals surface area contributed by atoms with Crippen molar-refractivity contribution in [2.45, 2.75) is 74.5 Å². The first-order valence-corrected chi connectivity index (χ1v) is 16.2. The van der Waals surface area contributed by atoms with Crippen molar-refractivity contribution in [2.75, 3.05) is 31.5 Å². The second-order valence-electron chi connectivity index (χ2n) is 12.0. The molecular formula is C32H38F2N4O3S. The Kier molecular flexibility index (Phi) is 8.70. The van der Waals surface area contributed by atoms with Crippen molar-refractivity contribution in [3.63, 3.8) is 0 Å². The molecule has 6 rings (SSSR count). The highest BCUT2D eigenvalue weighted by molar-refractivity contribution is 8.01. The lowest BCUT2D eigenvalue weighted by molar-refractivity contribution is -0.137. The number of hydrogen-bond donors (Lipinski definition) is 1. The van der Waals surface area contributed by atoms with Crippen LogP contribution in [0.3, 0.4) is 0 Å². The Hall–Kier alpha value is -3.14. The molecule has 7 nitrogen and oxygen atoms in total. The molecular weight excluding hydrogens is 558 g/mol. The monoisotopic (exact) mass is 596 g/mol. The summed E-state index contributed by atoms with van der Waals surface area (Å²) >= 11 is 1.26. The van der Waals surface area contributed by atoms with Crippen LogP contribution in [0.1, 0.15) is 67.9 Å². The first-order valence-electron chi connectivity index (χ1n) is 15.2.